The number of aromatic amines is 1. The summed E-state index contributed by atoms with van der Waals surface area (Å²) >= 11 is 0. The van der Waals surface area contributed by atoms with Crippen LogP contribution in [0.25, 0.3) is 11.0 Å². The number of nitrogens with zero attached hydrogens (tertiary/aromatic N) is 3. The summed E-state index contributed by atoms with van der Waals surface area (Å²) in [5.74, 6) is 1.43. The third kappa shape index (κ3) is 3.47. The minimum absolute atomic E-state index is 0.127. The van der Waals surface area contributed by atoms with Crippen molar-refractivity contribution in [2.45, 2.75) is 77.8 Å². The number of anilines is 1. The first-order valence-electron chi connectivity index (χ1n) is 9.13. The van der Waals surface area contributed by atoms with Crippen LogP contribution < -0.4 is 10.9 Å². The van der Waals surface area contributed by atoms with E-state index in [1.54, 1.807) is 6.20 Å². The molecule has 0 spiro atoms. The van der Waals surface area contributed by atoms with Crippen LogP contribution in [0.15, 0.2) is 11.0 Å². The average molecular weight is 331 g/mol. The zero-order valence-corrected chi connectivity index (χ0v) is 15.2. The standard InChI is InChI=1S/C18H29N5O/c1-5-6-12-7-9-13(10-8-12)20-17-21-15-14(16(24)22-17)11-19-23(15)18(2,3)4/h11-13H,5-10H2,1-4H3,(H2,20,21,22,24). The van der Waals surface area contributed by atoms with Crippen LogP contribution in [-0.2, 0) is 5.54 Å². The molecule has 2 heterocycles. The molecule has 3 rings (SSSR count). The summed E-state index contributed by atoms with van der Waals surface area (Å²) in [4.78, 5) is 19.8. The van der Waals surface area contributed by atoms with Gasteiger partial charge in [-0.2, -0.15) is 10.1 Å². The van der Waals surface area contributed by atoms with Crippen LogP contribution in [0.2, 0.25) is 0 Å². The van der Waals surface area contributed by atoms with E-state index in [2.05, 4.69) is 48.1 Å². The van der Waals surface area contributed by atoms with Gasteiger partial charge in [-0.3, -0.25) is 9.78 Å². The van der Waals surface area contributed by atoms with E-state index in [0.29, 0.717) is 23.0 Å². The molecule has 24 heavy (non-hydrogen) atoms. The van der Waals surface area contributed by atoms with Crippen molar-refractivity contribution >= 4 is 17.0 Å². The molecule has 0 saturated heterocycles. The van der Waals surface area contributed by atoms with Crippen molar-refractivity contribution < 1.29 is 0 Å². The first-order chi connectivity index (χ1) is 11.4. The topological polar surface area (TPSA) is 75.6 Å². The molecule has 1 aliphatic rings. The molecule has 2 aromatic rings. The summed E-state index contributed by atoms with van der Waals surface area (Å²) in [5, 5.41) is 8.33. The maximum Gasteiger partial charge on any atom is 0.263 e. The molecule has 0 unspecified atom stereocenters. The van der Waals surface area contributed by atoms with Gasteiger partial charge in [0, 0.05) is 6.04 Å². The summed E-state index contributed by atoms with van der Waals surface area (Å²) in [6.07, 6.45) is 9.02. The van der Waals surface area contributed by atoms with Crippen LogP contribution in [0.1, 0.15) is 66.2 Å². The van der Waals surface area contributed by atoms with Crippen LogP contribution in [0.4, 0.5) is 5.95 Å². The molecule has 0 bridgehead atoms. The summed E-state index contributed by atoms with van der Waals surface area (Å²) in [6, 6.07) is 0.393. The van der Waals surface area contributed by atoms with E-state index in [4.69, 9.17) is 0 Å². The average Bonchev–Trinajstić information content (AvgIpc) is 2.94. The molecular weight excluding hydrogens is 302 g/mol. The van der Waals surface area contributed by atoms with Gasteiger partial charge in [0.15, 0.2) is 5.65 Å². The molecule has 1 fully saturated rings. The molecule has 1 saturated carbocycles. The van der Waals surface area contributed by atoms with Gasteiger partial charge in [-0.1, -0.05) is 19.8 Å². The van der Waals surface area contributed by atoms with Crippen LogP contribution in [0.5, 0.6) is 0 Å². The SMILES string of the molecule is CCCC1CCC(Nc2nc3c(cnn3C(C)(C)C)c(=O)[nH]2)CC1. The Morgan fingerprint density at radius 2 is 2.00 bits per heavy atom. The fourth-order valence-corrected chi connectivity index (χ4v) is 3.67. The Morgan fingerprint density at radius 1 is 1.29 bits per heavy atom. The van der Waals surface area contributed by atoms with Crippen LogP contribution in [-0.4, -0.2) is 25.8 Å². The number of hydrogen-bond acceptors (Lipinski definition) is 4. The number of nitrogens with one attached hydrogen (secondary N) is 2. The number of hydrogen-bond donors (Lipinski definition) is 2. The van der Waals surface area contributed by atoms with Crippen molar-refractivity contribution in [3.8, 4) is 0 Å². The third-order valence-corrected chi connectivity index (χ3v) is 4.96. The van der Waals surface area contributed by atoms with Crippen molar-refractivity contribution in [3.05, 3.63) is 16.6 Å². The fraction of sp³-hybridized carbons (Fsp3) is 0.722. The molecule has 6 heteroatoms. The molecule has 0 amide bonds. The second-order valence-electron chi connectivity index (χ2n) is 8.03. The minimum atomic E-state index is -0.210. The quantitative estimate of drug-likeness (QED) is 0.897. The lowest BCUT2D eigenvalue weighted by molar-refractivity contribution is 0.318. The van der Waals surface area contributed by atoms with Gasteiger partial charge in [0.25, 0.3) is 5.56 Å². The predicted molar refractivity (Wildman–Crippen MR) is 97.4 cm³/mol. The Labute approximate surface area is 143 Å². The van der Waals surface area contributed by atoms with Crippen molar-refractivity contribution in [3.63, 3.8) is 0 Å². The van der Waals surface area contributed by atoms with Gasteiger partial charge < -0.3 is 5.32 Å². The Kier molecular flexibility index (Phi) is 4.65. The Hall–Kier alpha value is -1.85. The van der Waals surface area contributed by atoms with Gasteiger partial charge in [0.2, 0.25) is 5.95 Å². The maximum absolute atomic E-state index is 12.3. The molecule has 2 N–H and O–H groups in total. The highest BCUT2D eigenvalue weighted by atomic mass is 16.1. The molecule has 0 radical (unpaired) electrons. The highest BCUT2D eigenvalue weighted by Crippen LogP contribution is 2.29. The minimum Gasteiger partial charge on any atom is -0.353 e. The normalized spacial score (nSPS) is 22.0. The van der Waals surface area contributed by atoms with Gasteiger partial charge in [-0.25, -0.2) is 4.68 Å². The van der Waals surface area contributed by atoms with E-state index in [9.17, 15) is 4.79 Å². The summed E-state index contributed by atoms with van der Waals surface area (Å²) in [7, 11) is 0. The summed E-state index contributed by atoms with van der Waals surface area (Å²) < 4.78 is 1.82. The molecule has 132 valence electrons. The number of fused-ring (bicyclic) bond motifs is 1. The van der Waals surface area contributed by atoms with Gasteiger partial charge in [0.1, 0.15) is 5.39 Å². The van der Waals surface area contributed by atoms with E-state index in [-0.39, 0.29) is 11.1 Å². The lowest BCUT2D eigenvalue weighted by Crippen LogP contribution is -2.29. The van der Waals surface area contributed by atoms with Gasteiger partial charge in [-0.05, 0) is 52.4 Å². The molecule has 2 aromatic heterocycles. The molecule has 0 aromatic carbocycles. The zero-order chi connectivity index (χ0) is 17.3. The first-order valence-corrected chi connectivity index (χ1v) is 9.13. The summed E-state index contributed by atoms with van der Waals surface area (Å²) in [6.45, 7) is 8.44. The van der Waals surface area contributed by atoms with Gasteiger partial charge >= 0.3 is 0 Å². The van der Waals surface area contributed by atoms with Crippen LogP contribution in [0.3, 0.4) is 0 Å². The molecule has 6 nitrogen and oxygen atoms in total. The van der Waals surface area contributed by atoms with Crippen molar-refractivity contribution in [1.29, 1.82) is 0 Å². The zero-order valence-electron chi connectivity index (χ0n) is 15.2. The Balaban J connectivity index is 1.80. The van der Waals surface area contributed by atoms with E-state index >= 15 is 0 Å². The number of aromatic nitrogens is 4. The van der Waals surface area contributed by atoms with Crippen molar-refractivity contribution in [2.75, 3.05) is 5.32 Å². The number of H-pyrrole nitrogens is 1. The van der Waals surface area contributed by atoms with Crippen molar-refractivity contribution in [2.24, 2.45) is 5.92 Å². The Morgan fingerprint density at radius 3 is 2.62 bits per heavy atom. The van der Waals surface area contributed by atoms with Crippen molar-refractivity contribution in [1.82, 2.24) is 19.7 Å². The Bertz CT molecular complexity index is 747. The fourth-order valence-electron chi connectivity index (χ4n) is 3.67. The second kappa shape index (κ2) is 6.57. The first kappa shape index (κ1) is 17.0. The largest absolute Gasteiger partial charge is 0.353 e. The summed E-state index contributed by atoms with van der Waals surface area (Å²) in [5.41, 5.74) is 0.309. The van der Waals surface area contributed by atoms with Crippen LogP contribution in [0, 0.1) is 5.92 Å². The predicted octanol–water partition coefficient (Wildman–Crippen LogP) is 3.65. The highest BCUT2D eigenvalue weighted by molar-refractivity contribution is 5.74. The number of rotatable bonds is 4. The third-order valence-electron chi connectivity index (χ3n) is 4.96. The molecule has 1 aliphatic carbocycles. The molecular formula is C18H29N5O. The lowest BCUT2D eigenvalue weighted by Gasteiger charge is -2.29. The van der Waals surface area contributed by atoms with E-state index in [1.807, 2.05) is 4.68 Å². The van der Waals surface area contributed by atoms with Gasteiger partial charge in [0.05, 0.1) is 11.7 Å². The van der Waals surface area contributed by atoms with E-state index in [0.717, 1.165) is 18.8 Å². The molecule has 0 aliphatic heterocycles. The van der Waals surface area contributed by atoms with E-state index < -0.39 is 0 Å². The van der Waals surface area contributed by atoms with Crippen LogP contribution >= 0.6 is 0 Å². The second-order valence-corrected chi connectivity index (χ2v) is 8.03. The monoisotopic (exact) mass is 331 g/mol. The smallest absolute Gasteiger partial charge is 0.263 e. The molecule has 0 atom stereocenters. The van der Waals surface area contributed by atoms with Gasteiger partial charge in [-0.15, -0.1) is 0 Å². The maximum atomic E-state index is 12.3. The lowest BCUT2D eigenvalue weighted by atomic mass is 9.83. The van der Waals surface area contributed by atoms with E-state index in [1.165, 1.54) is 25.7 Å². The highest BCUT2D eigenvalue weighted by Gasteiger charge is 2.23.